The summed E-state index contributed by atoms with van der Waals surface area (Å²) in [5.74, 6) is -0.906. The third-order valence-corrected chi connectivity index (χ3v) is 4.09. The molecule has 0 radical (unpaired) electrons. The maximum atomic E-state index is 11.8. The molecule has 1 aliphatic carbocycles. The molecular formula is C19H27NO5. The second kappa shape index (κ2) is 7.44. The lowest BCUT2D eigenvalue weighted by atomic mass is 9.98. The van der Waals surface area contributed by atoms with E-state index >= 15 is 0 Å². The average Bonchev–Trinajstić information content (AvgIpc) is 2.87. The van der Waals surface area contributed by atoms with Crippen molar-refractivity contribution < 1.29 is 24.2 Å². The number of ether oxygens (including phenoxy) is 2. The lowest BCUT2D eigenvalue weighted by molar-refractivity contribution is 0.0276. The summed E-state index contributed by atoms with van der Waals surface area (Å²) in [4.78, 5) is 23.2. The molecule has 25 heavy (non-hydrogen) atoms. The van der Waals surface area contributed by atoms with Crippen LogP contribution in [0.4, 0.5) is 4.79 Å². The van der Waals surface area contributed by atoms with Gasteiger partial charge in [-0.25, -0.2) is 9.59 Å². The molecule has 0 spiro atoms. The Bertz CT molecular complexity index is 663. The van der Waals surface area contributed by atoms with Gasteiger partial charge in [-0.3, -0.25) is 0 Å². The van der Waals surface area contributed by atoms with Crippen molar-refractivity contribution in [2.24, 2.45) is 0 Å². The van der Waals surface area contributed by atoms with Gasteiger partial charge in [0.25, 0.3) is 0 Å². The summed E-state index contributed by atoms with van der Waals surface area (Å²) < 4.78 is 11.2. The van der Waals surface area contributed by atoms with Gasteiger partial charge in [-0.2, -0.15) is 0 Å². The molecule has 2 atom stereocenters. The lowest BCUT2D eigenvalue weighted by Gasteiger charge is -2.23. The van der Waals surface area contributed by atoms with Crippen molar-refractivity contribution in [2.45, 2.75) is 65.2 Å². The van der Waals surface area contributed by atoms with E-state index in [0.29, 0.717) is 18.6 Å². The van der Waals surface area contributed by atoms with Crippen LogP contribution in [-0.4, -0.2) is 35.4 Å². The SMILES string of the molecule is Cc1ccc(C(=O)O)c2c1C(OC[C@H](C)NC(=O)OC(C)(C)C)CC2. The van der Waals surface area contributed by atoms with Crippen molar-refractivity contribution in [1.29, 1.82) is 0 Å². The van der Waals surface area contributed by atoms with Gasteiger partial charge in [-0.15, -0.1) is 0 Å². The van der Waals surface area contributed by atoms with Gasteiger partial charge in [0.15, 0.2) is 0 Å². The molecule has 6 heteroatoms. The van der Waals surface area contributed by atoms with Gasteiger partial charge in [0, 0.05) is 0 Å². The van der Waals surface area contributed by atoms with Gasteiger partial charge in [-0.1, -0.05) is 6.07 Å². The quantitative estimate of drug-likeness (QED) is 0.848. The molecule has 0 saturated heterocycles. The van der Waals surface area contributed by atoms with Crippen molar-refractivity contribution in [3.63, 3.8) is 0 Å². The molecule has 0 heterocycles. The summed E-state index contributed by atoms with van der Waals surface area (Å²) in [6, 6.07) is 3.28. The Morgan fingerprint density at radius 3 is 2.64 bits per heavy atom. The highest BCUT2D eigenvalue weighted by molar-refractivity contribution is 5.90. The molecule has 2 N–H and O–H groups in total. The third-order valence-electron chi connectivity index (χ3n) is 4.09. The number of carbonyl (C=O) groups is 2. The first-order valence-corrected chi connectivity index (χ1v) is 8.55. The average molecular weight is 349 g/mol. The normalized spacial score (nSPS) is 17.7. The van der Waals surface area contributed by atoms with Crippen molar-refractivity contribution >= 4 is 12.1 Å². The van der Waals surface area contributed by atoms with E-state index < -0.39 is 17.7 Å². The predicted octanol–water partition coefficient (Wildman–Crippen LogP) is 3.61. The monoisotopic (exact) mass is 349 g/mol. The Hall–Kier alpha value is -2.08. The van der Waals surface area contributed by atoms with Crippen LogP contribution < -0.4 is 5.32 Å². The van der Waals surface area contributed by atoms with Gasteiger partial charge in [-0.05, 0) is 70.2 Å². The molecule has 0 fully saturated rings. The van der Waals surface area contributed by atoms with Crippen LogP contribution in [0, 0.1) is 6.92 Å². The Labute approximate surface area is 148 Å². The summed E-state index contributed by atoms with van der Waals surface area (Å²) in [6.45, 7) is 9.58. The van der Waals surface area contributed by atoms with Crippen LogP contribution in [0.1, 0.15) is 67.3 Å². The van der Waals surface area contributed by atoms with Crippen molar-refractivity contribution in [1.82, 2.24) is 5.32 Å². The van der Waals surface area contributed by atoms with E-state index in [4.69, 9.17) is 9.47 Å². The fraction of sp³-hybridized carbons (Fsp3) is 0.579. The zero-order valence-corrected chi connectivity index (χ0v) is 15.5. The second-order valence-electron chi connectivity index (χ2n) is 7.54. The van der Waals surface area contributed by atoms with E-state index in [0.717, 1.165) is 23.1 Å². The number of rotatable bonds is 5. The van der Waals surface area contributed by atoms with Gasteiger partial charge in [0.2, 0.25) is 0 Å². The first-order valence-electron chi connectivity index (χ1n) is 8.55. The van der Waals surface area contributed by atoms with Crippen molar-refractivity contribution in [3.05, 3.63) is 34.4 Å². The molecule has 1 amide bonds. The van der Waals surface area contributed by atoms with Gasteiger partial charge >= 0.3 is 12.1 Å². The van der Waals surface area contributed by atoms with Crippen LogP contribution in [0.2, 0.25) is 0 Å². The smallest absolute Gasteiger partial charge is 0.407 e. The number of benzene rings is 1. The number of alkyl carbamates (subject to hydrolysis) is 1. The molecule has 138 valence electrons. The standard InChI is InChI=1S/C19H27NO5/c1-11-6-7-14(17(21)22)13-8-9-15(16(11)13)24-10-12(2)20-18(23)25-19(3,4)5/h6-7,12,15H,8-10H2,1-5H3,(H,20,23)(H,21,22)/t12-,15?/m0/s1. The fourth-order valence-electron chi connectivity index (χ4n) is 3.10. The largest absolute Gasteiger partial charge is 0.478 e. The van der Waals surface area contributed by atoms with Crippen LogP contribution in [0.3, 0.4) is 0 Å². The number of amides is 1. The van der Waals surface area contributed by atoms with Crippen LogP contribution in [0.5, 0.6) is 0 Å². The summed E-state index contributed by atoms with van der Waals surface area (Å²) in [7, 11) is 0. The number of aryl methyl sites for hydroxylation is 1. The highest BCUT2D eigenvalue weighted by Gasteiger charge is 2.29. The number of hydrogen-bond acceptors (Lipinski definition) is 4. The number of nitrogens with one attached hydrogen (secondary N) is 1. The van der Waals surface area contributed by atoms with Crippen molar-refractivity contribution in [3.8, 4) is 0 Å². The summed E-state index contributed by atoms with van der Waals surface area (Å²) in [5, 5.41) is 12.1. The zero-order valence-electron chi connectivity index (χ0n) is 15.5. The Balaban J connectivity index is 1.97. The summed E-state index contributed by atoms with van der Waals surface area (Å²) >= 11 is 0. The molecular weight excluding hydrogens is 322 g/mol. The van der Waals surface area contributed by atoms with Crippen molar-refractivity contribution in [2.75, 3.05) is 6.61 Å². The first-order chi connectivity index (χ1) is 11.6. The molecule has 0 aromatic heterocycles. The van der Waals surface area contributed by atoms with Gasteiger partial charge in [0.1, 0.15) is 5.60 Å². The van der Waals surface area contributed by atoms with E-state index in [9.17, 15) is 14.7 Å². The molecule has 1 unspecified atom stereocenters. The zero-order chi connectivity index (χ0) is 18.8. The molecule has 1 aromatic carbocycles. The Kier molecular flexibility index (Phi) is 5.72. The van der Waals surface area contributed by atoms with Gasteiger partial charge < -0.3 is 19.9 Å². The first kappa shape index (κ1) is 19.2. The molecule has 1 aromatic rings. The highest BCUT2D eigenvalue weighted by atomic mass is 16.6. The molecule has 0 saturated carbocycles. The van der Waals surface area contributed by atoms with Crippen LogP contribution in [0.25, 0.3) is 0 Å². The summed E-state index contributed by atoms with van der Waals surface area (Å²) in [6.07, 6.45) is 0.827. The van der Waals surface area contributed by atoms with E-state index in [1.54, 1.807) is 6.07 Å². The molecule has 1 aliphatic rings. The van der Waals surface area contributed by atoms with Crippen LogP contribution in [0.15, 0.2) is 12.1 Å². The Morgan fingerprint density at radius 1 is 1.36 bits per heavy atom. The molecule has 2 rings (SSSR count). The maximum absolute atomic E-state index is 11.8. The van der Waals surface area contributed by atoms with E-state index in [1.165, 1.54) is 0 Å². The maximum Gasteiger partial charge on any atom is 0.407 e. The second-order valence-corrected chi connectivity index (χ2v) is 7.54. The molecule has 6 nitrogen and oxygen atoms in total. The lowest BCUT2D eigenvalue weighted by Crippen LogP contribution is -2.40. The topological polar surface area (TPSA) is 84.9 Å². The number of carboxylic acid groups (broad SMARTS) is 1. The minimum atomic E-state index is -0.906. The third kappa shape index (κ3) is 4.95. The number of carbonyl (C=O) groups excluding carboxylic acids is 1. The molecule has 0 bridgehead atoms. The predicted molar refractivity (Wildman–Crippen MR) is 94.0 cm³/mol. The summed E-state index contributed by atoms with van der Waals surface area (Å²) in [5.41, 5.74) is 2.69. The fourth-order valence-corrected chi connectivity index (χ4v) is 3.10. The Morgan fingerprint density at radius 2 is 2.04 bits per heavy atom. The number of aromatic carboxylic acids is 1. The van der Waals surface area contributed by atoms with Gasteiger partial charge in [0.05, 0.1) is 24.3 Å². The molecule has 0 aliphatic heterocycles. The van der Waals surface area contributed by atoms with E-state index in [1.807, 2.05) is 40.7 Å². The minimum Gasteiger partial charge on any atom is -0.478 e. The minimum absolute atomic E-state index is 0.141. The number of hydrogen-bond donors (Lipinski definition) is 2. The van der Waals surface area contributed by atoms with E-state index in [2.05, 4.69) is 5.32 Å². The highest BCUT2D eigenvalue weighted by Crippen LogP contribution is 2.38. The number of fused-ring (bicyclic) bond motifs is 1. The van der Waals surface area contributed by atoms with Crippen LogP contribution >= 0.6 is 0 Å². The van der Waals surface area contributed by atoms with E-state index in [-0.39, 0.29) is 12.1 Å². The number of carboxylic acids is 1. The van der Waals surface area contributed by atoms with Crippen LogP contribution in [-0.2, 0) is 15.9 Å².